The molecule has 1 saturated heterocycles. The van der Waals surface area contributed by atoms with Gasteiger partial charge in [0.1, 0.15) is 0 Å². The van der Waals surface area contributed by atoms with Gasteiger partial charge in [-0.15, -0.1) is 0 Å². The molecule has 2 heteroatoms. The van der Waals surface area contributed by atoms with Crippen molar-refractivity contribution in [2.75, 3.05) is 12.3 Å². The van der Waals surface area contributed by atoms with Crippen molar-refractivity contribution in [3.8, 4) is 0 Å². The van der Waals surface area contributed by atoms with Crippen LogP contribution in [0, 0.1) is 5.41 Å². The molecule has 0 amide bonds. The Labute approximate surface area is 74.3 Å². The molecule has 2 atom stereocenters. The molecule has 1 nitrogen and oxygen atoms in total. The maximum atomic E-state index is 3.59. The van der Waals surface area contributed by atoms with E-state index < -0.39 is 0 Å². The predicted molar refractivity (Wildman–Crippen MR) is 53.2 cm³/mol. The maximum Gasteiger partial charge on any atom is 0.0207 e. The summed E-state index contributed by atoms with van der Waals surface area (Å²) < 4.78 is 0. The number of hydrogen-bond donors (Lipinski definition) is 1. The molecule has 1 heterocycles. The summed E-state index contributed by atoms with van der Waals surface area (Å²) in [6, 6.07) is 0.698. The summed E-state index contributed by atoms with van der Waals surface area (Å²) in [7, 11) is 0. The highest BCUT2D eigenvalue weighted by Crippen LogP contribution is 2.27. The fourth-order valence-corrected chi connectivity index (χ4v) is 2.60. The quantitative estimate of drug-likeness (QED) is 0.602. The molecule has 0 radical (unpaired) electrons. The SMILES string of the molecule is CC1CNC(C(C)(C)C)CS1. The van der Waals surface area contributed by atoms with Gasteiger partial charge < -0.3 is 5.32 Å². The van der Waals surface area contributed by atoms with E-state index >= 15 is 0 Å². The highest BCUT2D eigenvalue weighted by atomic mass is 32.2. The van der Waals surface area contributed by atoms with Crippen LogP contribution in [0.25, 0.3) is 0 Å². The minimum absolute atomic E-state index is 0.424. The summed E-state index contributed by atoms with van der Waals surface area (Å²) in [4.78, 5) is 0. The van der Waals surface area contributed by atoms with Crippen LogP contribution >= 0.6 is 11.8 Å². The number of nitrogens with one attached hydrogen (secondary N) is 1. The Hall–Kier alpha value is 0.310. The topological polar surface area (TPSA) is 12.0 Å². The van der Waals surface area contributed by atoms with Gasteiger partial charge in [0.15, 0.2) is 0 Å². The Morgan fingerprint density at radius 2 is 2.00 bits per heavy atom. The van der Waals surface area contributed by atoms with E-state index in [-0.39, 0.29) is 0 Å². The van der Waals surface area contributed by atoms with Gasteiger partial charge in [-0.2, -0.15) is 11.8 Å². The molecule has 1 aliphatic heterocycles. The molecule has 1 rings (SSSR count). The zero-order valence-corrected chi connectivity index (χ0v) is 8.79. The first kappa shape index (κ1) is 9.40. The Morgan fingerprint density at radius 1 is 1.36 bits per heavy atom. The molecule has 66 valence electrons. The predicted octanol–water partition coefficient (Wildman–Crippen LogP) is 2.13. The van der Waals surface area contributed by atoms with E-state index in [0.717, 1.165) is 5.25 Å². The third kappa shape index (κ3) is 2.68. The molecule has 0 saturated carbocycles. The second-order valence-corrected chi connectivity index (χ2v) is 5.94. The van der Waals surface area contributed by atoms with E-state index in [9.17, 15) is 0 Å². The van der Waals surface area contributed by atoms with E-state index in [2.05, 4.69) is 44.8 Å². The van der Waals surface area contributed by atoms with Crippen molar-refractivity contribution < 1.29 is 0 Å². The fraction of sp³-hybridized carbons (Fsp3) is 1.00. The molecule has 0 spiro atoms. The first-order valence-corrected chi connectivity index (χ1v) is 5.40. The average Bonchev–Trinajstić information content (AvgIpc) is 1.86. The van der Waals surface area contributed by atoms with Gasteiger partial charge in [-0.25, -0.2) is 0 Å². The van der Waals surface area contributed by atoms with Crippen molar-refractivity contribution in [1.29, 1.82) is 0 Å². The molecule has 0 aromatic heterocycles. The molecular formula is C9H19NS. The number of hydrogen-bond acceptors (Lipinski definition) is 2. The van der Waals surface area contributed by atoms with E-state index in [1.165, 1.54) is 12.3 Å². The van der Waals surface area contributed by atoms with E-state index in [4.69, 9.17) is 0 Å². The Bertz CT molecular complexity index is 120. The van der Waals surface area contributed by atoms with Crippen LogP contribution in [0.1, 0.15) is 27.7 Å². The number of thioether (sulfide) groups is 1. The molecule has 0 aromatic carbocycles. The first-order chi connectivity index (χ1) is 5.00. The summed E-state index contributed by atoms with van der Waals surface area (Å²) in [6.45, 7) is 10.4. The lowest BCUT2D eigenvalue weighted by molar-refractivity contribution is 0.287. The average molecular weight is 173 g/mol. The Balaban J connectivity index is 2.39. The second-order valence-electron chi connectivity index (χ2n) is 4.47. The zero-order valence-electron chi connectivity index (χ0n) is 7.98. The van der Waals surface area contributed by atoms with Crippen molar-refractivity contribution in [2.24, 2.45) is 5.41 Å². The van der Waals surface area contributed by atoms with Gasteiger partial charge in [0.2, 0.25) is 0 Å². The van der Waals surface area contributed by atoms with Gasteiger partial charge >= 0.3 is 0 Å². The van der Waals surface area contributed by atoms with Crippen LogP contribution < -0.4 is 5.32 Å². The third-order valence-electron chi connectivity index (χ3n) is 2.24. The van der Waals surface area contributed by atoms with Crippen LogP contribution in [0.15, 0.2) is 0 Å². The maximum absolute atomic E-state index is 3.59. The summed E-state index contributed by atoms with van der Waals surface area (Å²) >= 11 is 2.09. The minimum Gasteiger partial charge on any atom is -0.312 e. The highest BCUT2D eigenvalue weighted by molar-refractivity contribution is 8.00. The standard InChI is InChI=1S/C9H19NS/c1-7-5-10-8(6-11-7)9(2,3)4/h7-8,10H,5-6H2,1-4H3. The van der Waals surface area contributed by atoms with Crippen LogP contribution in [0.5, 0.6) is 0 Å². The lowest BCUT2D eigenvalue weighted by atomic mass is 9.88. The van der Waals surface area contributed by atoms with Gasteiger partial charge in [0.05, 0.1) is 0 Å². The monoisotopic (exact) mass is 173 g/mol. The van der Waals surface area contributed by atoms with Gasteiger partial charge in [-0.1, -0.05) is 27.7 Å². The smallest absolute Gasteiger partial charge is 0.0207 e. The van der Waals surface area contributed by atoms with Crippen molar-refractivity contribution >= 4 is 11.8 Å². The number of rotatable bonds is 0. The van der Waals surface area contributed by atoms with Crippen molar-refractivity contribution in [3.63, 3.8) is 0 Å². The summed E-state index contributed by atoms with van der Waals surface area (Å²) in [5, 5.41) is 4.39. The van der Waals surface area contributed by atoms with Crippen LogP contribution in [0.2, 0.25) is 0 Å². The lowest BCUT2D eigenvalue weighted by Gasteiger charge is -2.36. The molecule has 0 aromatic rings. The van der Waals surface area contributed by atoms with E-state index in [1.807, 2.05) is 0 Å². The Kier molecular flexibility index (Phi) is 2.87. The summed E-state index contributed by atoms with van der Waals surface area (Å²) in [5.41, 5.74) is 0.424. The van der Waals surface area contributed by atoms with Crippen molar-refractivity contribution in [1.82, 2.24) is 5.32 Å². The third-order valence-corrected chi connectivity index (χ3v) is 3.51. The fourth-order valence-electron chi connectivity index (χ4n) is 1.24. The van der Waals surface area contributed by atoms with Gasteiger partial charge in [0, 0.05) is 23.6 Å². The minimum atomic E-state index is 0.424. The van der Waals surface area contributed by atoms with Crippen LogP contribution in [0.3, 0.4) is 0 Å². The van der Waals surface area contributed by atoms with Crippen molar-refractivity contribution in [2.45, 2.75) is 39.0 Å². The second kappa shape index (κ2) is 3.36. The van der Waals surface area contributed by atoms with Gasteiger partial charge in [-0.3, -0.25) is 0 Å². The normalized spacial score (nSPS) is 33.8. The van der Waals surface area contributed by atoms with Gasteiger partial charge in [0.25, 0.3) is 0 Å². The summed E-state index contributed by atoms with van der Waals surface area (Å²) in [6.07, 6.45) is 0. The van der Waals surface area contributed by atoms with Gasteiger partial charge in [-0.05, 0) is 5.41 Å². The molecule has 1 fully saturated rings. The van der Waals surface area contributed by atoms with E-state index in [1.54, 1.807) is 0 Å². The molecule has 0 aliphatic carbocycles. The summed E-state index contributed by atoms with van der Waals surface area (Å²) in [5.74, 6) is 1.27. The van der Waals surface area contributed by atoms with Crippen LogP contribution in [-0.2, 0) is 0 Å². The molecule has 1 aliphatic rings. The first-order valence-electron chi connectivity index (χ1n) is 4.35. The lowest BCUT2D eigenvalue weighted by Crippen LogP contribution is -2.48. The zero-order chi connectivity index (χ0) is 8.48. The Morgan fingerprint density at radius 3 is 2.36 bits per heavy atom. The molecule has 0 bridgehead atoms. The van der Waals surface area contributed by atoms with E-state index in [0.29, 0.717) is 11.5 Å². The molecule has 2 unspecified atom stereocenters. The molecule has 11 heavy (non-hydrogen) atoms. The highest BCUT2D eigenvalue weighted by Gasteiger charge is 2.27. The largest absolute Gasteiger partial charge is 0.312 e. The van der Waals surface area contributed by atoms with Crippen LogP contribution in [-0.4, -0.2) is 23.6 Å². The van der Waals surface area contributed by atoms with Crippen LogP contribution in [0.4, 0.5) is 0 Å². The van der Waals surface area contributed by atoms with Crippen molar-refractivity contribution in [3.05, 3.63) is 0 Å². The molecule has 1 N–H and O–H groups in total. The molecular weight excluding hydrogens is 154 g/mol.